The van der Waals surface area contributed by atoms with Crippen LogP contribution >= 0.6 is 12.2 Å². The molecule has 1 aromatic heterocycles. The Morgan fingerprint density at radius 3 is 2.28 bits per heavy atom. The number of rotatable bonds is 5. The Labute approximate surface area is 175 Å². The van der Waals surface area contributed by atoms with Crippen molar-refractivity contribution in [3.63, 3.8) is 0 Å². The van der Waals surface area contributed by atoms with Crippen LogP contribution in [0.15, 0.2) is 85.1 Å². The summed E-state index contributed by atoms with van der Waals surface area (Å²) in [4.78, 5) is 12.4. The van der Waals surface area contributed by atoms with Crippen molar-refractivity contribution in [1.29, 1.82) is 0 Å². The van der Waals surface area contributed by atoms with Gasteiger partial charge in [0, 0.05) is 23.6 Å². The van der Waals surface area contributed by atoms with Crippen LogP contribution in [0.3, 0.4) is 0 Å². The van der Waals surface area contributed by atoms with Gasteiger partial charge in [-0.1, -0.05) is 85.0 Å². The Bertz CT molecular complexity index is 1210. The summed E-state index contributed by atoms with van der Waals surface area (Å²) in [5.41, 5.74) is 4.94. The van der Waals surface area contributed by atoms with Gasteiger partial charge < -0.3 is 9.30 Å². The van der Waals surface area contributed by atoms with Gasteiger partial charge in [0.05, 0.1) is 16.7 Å². The molecule has 3 aromatic carbocycles. The van der Waals surface area contributed by atoms with Crippen molar-refractivity contribution in [1.82, 2.24) is 4.57 Å². The maximum absolute atomic E-state index is 12.4. The molecule has 0 N–H and O–H groups in total. The highest BCUT2D eigenvalue weighted by Crippen LogP contribution is 2.23. The second-order valence-electron chi connectivity index (χ2n) is 6.80. The van der Waals surface area contributed by atoms with E-state index in [4.69, 9.17) is 17.0 Å². The number of esters is 1. The zero-order valence-electron chi connectivity index (χ0n) is 16.2. The summed E-state index contributed by atoms with van der Waals surface area (Å²) >= 11 is 5.57. The first-order valence-corrected chi connectivity index (χ1v) is 10.0. The minimum atomic E-state index is -0.378. The first-order chi connectivity index (χ1) is 14.2. The quantitative estimate of drug-likeness (QED) is 0.293. The summed E-state index contributed by atoms with van der Waals surface area (Å²) in [6.45, 7) is 2.75. The summed E-state index contributed by atoms with van der Waals surface area (Å²) in [6.07, 6.45) is 1.81. The molecule has 3 nitrogen and oxygen atoms in total. The second-order valence-corrected chi connectivity index (χ2v) is 7.21. The molecule has 0 saturated heterocycles. The van der Waals surface area contributed by atoms with Crippen molar-refractivity contribution in [3.8, 4) is 11.1 Å². The van der Waals surface area contributed by atoms with Crippen LogP contribution in [-0.2, 0) is 11.3 Å². The molecule has 0 fully saturated rings. The van der Waals surface area contributed by atoms with E-state index in [0.29, 0.717) is 23.2 Å². The Morgan fingerprint density at radius 2 is 1.55 bits per heavy atom. The predicted molar refractivity (Wildman–Crippen MR) is 120 cm³/mol. The SMILES string of the molecule is CCOC(=O)c1cn(Cc2ccc(-c3ccccc3)cc2)c2ccccc2c1=S. The number of carbonyl (C=O) groups excluding carboxylic acids is 1. The molecule has 0 radical (unpaired) electrons. The van der Waals surface area contributed by atoms with Crippen LogP contribution in [0.1, 0.15) is 22.8 Å². The standard InChI is InChI=1S/C25H21NO2S/c1-2-28-25(27)22-17-26(23-11-7-6-10-21(23)24(22)29)16-18-12-14-20(15-13-18)19-8-4-3-5-9-19/h3-15,17H,2,16H2,1H3. The summed E-state index contributed by atoms with van der Waals surface area (Å²) < 4.78 is 7.81. The normalized spacial score (nSPS) is 10.8. The molecule has 0 atom stereocenters. The molecule has 0 aliphatic rings. The van der Waals surface area contributed by atoms with E-state index in [2.05, 4.69) is 41.0 Å². The lowest BCUT2D eigenvalue weighted by atomic mass is 10.0. The molecular weight excluding hydrogens is 378 g/mol. The summed E-state index contributed by atoms with van der Waals surface area (Å²) in [6, 6.07) is 26.7. The average molecular weight is 400 g/mol. The molecule has 0 spiro atoms. The highest BCUT2D eigenvalue weighted by Gasteiger charge is 2.14. The van der Waals surface area contributed by atoms with E-state index < -0.39 is 0 Å². The van der Waals surface area contributed by atoms with Crippen LogP contribution in [0, 0.1) is 4.51 Å². The van der Waals surface area contributed by atoms with Crippen molar-refractivity contribution in [2.24, 2.45) is 0 Å². The zero-order chi connectivity index (χ0) is 20.2. The molecule has 0 aliphatic heterocycles. The highest BCUT2D eigenvalue weighted by atomic mass is 32.1. The van der Waals surface area contributed by atoms with Crippen LogP contribution in [-0.4, -0.2) is 17.1 Å². The molecule has 0 saturated carbocycles. The zero-order valence-corrected chi connectivity index (χ0v) is 17.0. The van der Waals surface area contributed by atoms with Crippen molar-refractivity contribution in [3.05, 3.63) is 101 Å². The fourth-order valence-electron chi connectivity index (χ4n) is 3.46. The fraction of sp³-hybridized carbons (Fsp3) is 0.120. The predicted octanol–water partition coefficient (Wildman–Crippen LogP) is 6.26. The molecule has 1 heterocycles. The van der Waals surface area contributed by atoms with Gasteiger partial charge in [-0.05, 0) is 29.7 Å². The van der Waals surface area contributed by atoms with Crippen molar-refractivity contribution in [2.45, 2.75) is 13.5 Å². The van der Waals surface area contributed by atoms with Crippen molar-refractivity contribution >= 4 is 29.1 Å². The van der Waals surface area contributed by atoms with E-state index in [0.717, 1.165) is 16.5 Å². The maximum Gasteiger partial charge on any atom is 0.341 e. The summed E-state index contributed by atoms with van der Waals surface area (Å²) in [5.74, 6) is -0.378. The number of ether oxygens (including phenoxy) is 1. The monoisotopic (exact) mass is 399 g/mol. The number of pyridine rings is 1. The van der Waals surface area contributed by atoms with Crippen LogP contribution < -0.4 is 0 Å². The number of hydrogen-bond donors (Lipinski definition) is 0. The number of benzene rings is 3. The molecular formula is C25H21NO2S. The van der Waals surface area contributed by atoms with E-state index in [9.17, 15) is 4.79 Å². The van der Waals surface area contributed by atoms with Gasteiger partial charge in [-0.3, -0.25) is 0 Å². The Balaban J connectivity index is 1.73. The first kappa shape index (κ1) is 19.1. The van der Waals surface area contributed by atoms with Crippen LogP contribution in [0.4, 0.5) is 0 Å². The van der Waals surface area contributed by atoms with Crippen LogP contribution in [0.5, 0.6) is 0 Å². The number of aromatic nitrogens is 1. The Morgan fingerprint density at radius 1 is 0.897 bits per heavy atom. The molecule has 0 amide bonds. The van der Waals surface area contributed by atoms with Gasteiger partial charge in [-0.25, -0.2) is 4.79 Å². The fourth-order valence-corrected chi connectivity index (χ4v) is 3.77. The lowest BCUT2D eigenvalue weighted by Crippen LogP contribution is -2.11. The molecule has 4 rings (SSSR count). The van der Waals surface area contributed by atoms with E-state index >= 15 is 0 Å². The van der Waals surface area contributed by atoms with E-state index in [1.54, 1.807) is 6.92 Å². The maximum atomic E-state index is 12.4. The van der Waals surface area contributed by atoms with Gasteiger partial charge in [-0.15, -0.1) is 0 Å². The Kier molecular flexibility index (Phi) is 5.54. The van der Waals surface area contributed by atoms with Crippen LogP contribution in [0.2, 0.25) is 0 Å². The number of hydrogen-bond acceptors (Lipinski definition) is 3. The van der Waals surface area contributed by atoms with Gasteiger partial charge in [0.15, 0.2) is 0 Å². The second kappa shape index (κ2) is 8.41. The number of fused-ring (bicyclic) bond motifs is 1. The third kappa shape index (κ3) is 3.98. The molecule has 0 unspecified atom stereocenters. The lowest BCUT2D eigenvalue weighted by Gasteiger charge is -2.14. The topological polar surface area (TPSA) is 31.2 Å². The molecule has 0 aliphatic carbocycles. The largest absolute Gasteiger partial charge is 0.462 e. The molecule has 29 heavy (non-hydrogen) atoms. The molecule has 4 heteroatoms. The summed E-state index contributed by atoms with van der Waals surface area (Å²) in [7, 11) is 0. The number of nitrogens with zero attached hydrogens (tertiary/aromatic N) is 1. The smallest absolute Gasteiger partial charge is 0.341 e. The van der Waals surface area contributed by atoms with Crippen molar-refractivity contribution in [2.75, 3.05) is 6.61 Å². The Hall–Kier alpha value is -3.24. The van der Waals surface area contributed by atoms with E-state index in [1.807, 2.05) is 48.7 Å². The highest BCUT2D eigenvalue weighted by molar-refractivity contribution is 7.71. The lowest BCUT2D eigenvalue weighted by molar-refractivity contribution is 0.0525. The van der Waals surface area contributed by atoms with Gasteiger partial charge in [0.25, 0.3) is 0 Å². The minimum Gasteiger partial charge on any atom is -0.462 e. The van der Waals surface area contributed by atoms with Gasteiger partial charge >= 0.3 is 5.97 Å². The molecule has 0 bridgehead atoms. The third-order valence-corrected chi connectivity index (χ3v) is 5.34. The van der Waals surface area contributed by atoms with Gasteiger partial charge in [-0.2, -0.15) is 0 Å². The number of para-hydroxylation sites is 1. The molecule has 4 aromatic rings. The summed E-state index contributed by atoms with van der Waals surface area (Å²) in [5, 5.41) is 0.883. The average Bonchev–Trinajstić information content (AvgIpc) is 2.77. The number of carbonyl (C=O) groups is 1. The van der Waals surface area contributed by atoms with Gasteiger partial charge in [0.2, 0.25) is 0 Å². The van der Waals surface area contributed by atoms with E-state index in [1.165, 1.54) is 11.1 Å². The minimum absolute atomic E-state index is 0.321. The first-order valence-electron chi connectivity index (χ1n) is 9.61. The van der Waals surface area contributed by atoms with Gasteiger partial charge in [0.1, 0.15) is 0 Å². The van der Waals surface area contributed by atoms with Crippen LogP contribution in [0.25, 0.3) is 22.0 Å². The molecule has 144 valence electrons. The van der Waals surface area contributed by atoms with E-state index in [-0.39, 0.29) is 5.97 Å². The third-order valence-electron chi connectivity index (χ3n) is 4.90. The van der Waals surface area contributed by atoms with Crippen molar-refractivity contribution < 1.29 is 9.53 Å².